The van der Waals surface area contributed by atoms with Gasteiger partial charge in [0.25, 0.3) is 0 Å². The first kappa shape index (κ1) is 17.1. The summed E-state index contributed by atoms with van der Waals surface area (Å²) >= 11 is 0. The zero-order chi connectivity index (χ0) is 21.2. The van der Waals surface area contributed by atoms with Crippen molar-refractivity contribution in [1.29, 1.82) is 0 Å². The Morgan fingerprint density at radius 3 is 2.09 bits per heavy atom. The lowest BCUT2D eigenvalue weighted by atomic mass is 10.1. The molecule has 3 aromatic heterocycles. The first-order valence-electron chi connectivity index (χ1n) is 10.3. The number of azo groups is 1. The third-order valence-electron chi connectivity index (χ3n) is 5.93. The van der Waals surface area contributed by atoms with E-state index in [1.165, 1.54) is 0 Å². The van der Waals surface area contributed by atoms with Gasteiger partial charge in [-0.25, -0.2) is 0 Å². The van der Waals surface area contributed by atoms with Gasteiger partial charge in [-0.2, -0.15) is 0 Å². The fraction of sp³-hybridized carbons (Fsp3) is 0. The summed E-state index contributed by atoms with van der Waals surface area (Å²) in [5, 5.41) is 23.2. The van der Waals surface area contributed by atoms with Crippen LogP contribution in [-0.2, 0) is 0 Å². The average molecular weight is 418 g/mol. The molecular formula is C26H16N3O3+. The molecule has 0 fully saturated rings. The van der Waals surface area contributed by atoms with E-state index < -0.39 is 0 Å². The number of aromatic nitrogens is 1. The zero-order valence-corrected chi connectivity index (χ0v) is 16.7. The van der Waals surface area contributed by atoms with Gasteiger partial charge in [-0.15, -0.1) is 5.11 Å². The molecule has 0 saturated carbocycles. The van der Waals surface area contributed by atoms with Crippen molar-refractivity contribution >= 4 is 66.3 Å². The van der Waals surface area contributed by atoms with Gasteiger partial charge in [-0.1, -0.05) is 41.5 Å². The largest absolute Gasteiger partial charge is 0.456 e. The molecule has 0 unspecified atom stereocenters. The van der Waals surface area contributed by atoms with Crippen molar-refractivity contribution in [2.45, 2.75) is 0 Å². The average Bonchev–Trinajstić information content (AvgIpc) is 3.47. The molecule has 6 heteroatoms. The molecule has 0 bridgehead atoms. The second-order valence-corrected chi connectivity index (χ2v) is 7.85. The van der Waals surface area contributed by atoms with E-state index >= 15 is 0 Å². The molecule has 32 heavy (non-hydrogen) atoms. The topological polar surface area (TPSA) is 77.8 Å². The Balaban J connectivity index is 1.33. The highest BCUT2D eigenvalue weighted by Crippen LogP contribution is 2.33. The zero-order valence-electron chi connectivity index (χ0n) is 16.7. The van der Waals surface area contributed by atoms with Gasteiger partial charge < -0.3 is 14.0 Å². The number of hydrogen-bond acceptors (Lipinski definition) is 4. The molecule has 0 radical (unpaired) electrons. The van der Waals surface area contributed by atoms with E-state index in [-0.39, 0.29) is 0 Å². The predicted octanol–water partition coefficient (Wildman–Crippen LogP) is 6.17. The van der Waals surface area contributed by atoms with E-state index in [0.717, 1.165) is 59.7 Å². The van der Waals surface area contributed by atoms with E-state index in [4.69, 9.17) is 8.83 Å². The molecule has 6 nitrogen and oxygen atoms in total. The summed E-state index contributed by atoms with van der Waals surface area (Å²) < 4.78 is 12.9. The summed E-state index contributed by atoms with van der Waals surface area (Å²) in [7, 11) is 0. The van der Waals surface area contributed by atoms with E-state index in [0.29, 0.717) is 11.3 Å². The Hall–Kier alpha value is -4.58. The van der Waals surface area contributed by atoms with Crippen molar-refractivity contribution in [1.82, 2.24) is 4.73 Å². The van der Waals surface area contributed by atoms with E-state index in [2.05, 4.69) is 10.2 Å². The standard InChI is InChI=1S/C26H15N3O3/c30-29-21-14-25-19(17-5-1-4-8-23(17)32-25)11-15(21)12-26(29)28-27-16-9-10-24-20(13-16)18-6-2-3-7-22(18)31-24/h1-14,30H/p+1. The molecule has 0 aliphatic rings. The highest BCUT2D eigenvalue weighted by Gasteiger charge is 2.18. The van der Waals surface area contributed by atoms with Crippen LogP contribution in [0.2, 0.25) is 0 Å². The first-order valence-corrected chi connectivity index (χ1v) is 10.3. The van der Waals surface area contributed by atoms with Crippen LogP contribution in [0.5, 0.6) is 0 Å². The smallest absolute Gasteiger partial charge is 0.340 e. The third kappa shape index (κ3) is 2.40. The van der Waals surface area contributed by atoms with Gasteiger partial charge in [0.1, 0.15) is 28.0 Å². The van der Waals surface area contributed by atoms with Crippen LogP contribution in [0.3, 0.4) is 0 Å². The molecular weight excluding hydrogens is 402 g/mol. The summed E-state index contributed by atoms with van der Waals surface area (Å²) in [6.45, 7) is 0. The highest BCUT2D eigenvalue weighted by atomic mass is 16.5. The minimum atomic E-state index is 0.467. The van der Waals surface area contributed by atoms with Gasteiger partial charge in [0.2, 0.25) is 0 Å². The second-order valence-electron chi connectivity index (χ2n) is 7.85. The minimum Gasteiger partial charge on any atom is -0.456 e. The lowest BCUT2D eigenvalue weighted by molar-refractivity contribution is -0.443. The van der Waals surface area contributed by atoms with Gasteiger partial charge >= 0.3 is 5.82 Å². The summed E-state index contributed by atoms with van der Waals surface area (Å²) in [6, 6.07) is 27.3. The van der Waals surface area contributed by atoms with Crippen molar-refractivity contribution in [2.75, 3.05) is 0 Å². The number of rotatable bonds is 2. The number of para-hydroxylation sites is 2. The molecule has 0 atom stereocenters. The Morgan fingerprint density at radius 2 is 1.31 bits per heavy atom. The Kier molecular flexibility index (Phi) is 3.33. The van der Waals surface area contributed by atoms with Crippen LogP contribution in [0.4, 0.5) is 11.5 Å². The number of nitrogens with one attached hydrogen (secondary N) is 1. The first-order chi connectivity index (χ1) is 15.7. The minimum absolute atomic E-state index is 0.467. The van der Waals surface area contributed by atoms with Gasteiger partial charge in [-0.05, 0) is 41.1 Å². The molecule has 0 amide bonds. The molecule has 7 rings (SSSR count). The van der Waals surface area contributed by atoms with Crippen molar-refractivity contribution < 1.29 is 19.2 Å². The van der Waals surface area contributed by atoms with E-state index in [1.807, 2.05) is 84.9 Å². The van der Waals surface area contributed by atoms with E-state index in [1.54, 1.807) is 0 Å². The van der Waals surface area contributed by atoms with Crippen LogP contribution in [0.15, 0.2) is 98.9 Å². The Bertz CT molecular complexity index is 1850. The molecule has 0 aliphatic heterocycles. The maximum absolute atomic E-state index is 10.7. The number of furan rings is 2. The summed E-state index contributed by atoms with van der Waals surface area (Å²) in [4.78, 5) is 0. The van der Waals surface area contributed by atoms with Crippen molar-refractivity contribution in [2.24, 2.45) is 5.11 Å². The van der Waals surface area contributed by atoms with Crippen LogP contribution in [0.1, 0.15) is 0 Å². The van der Waals surface area contributed by atoms with Crippen molar-refractivity contribution in [3.63, 3.8) is 0 Å². The molecule has 0 saturated heterocycles. The van der Waals surface area contributed by atoms with Crippen LogP contribution in [0, 0.1) is 0 Å². The normalized spacial score (nSPS) is 12.4. The fourth-order valence-electron chi connectivity index (χ4n) is 4.40. The highest BCUT2D eigenvalue weighted by molar-refractivity contribution is 6.10. The lowest BCUT2D eigenvalue weighted by Crippen LogP contribution is -2.58. The van der Waals surface area contributed by atoms with Crippen LogP contribution in [0.25, 0.3) is 54.8 Å². The maximum Gasteiger partial charge on any atom is 0.340 e. The Morgan fingerprint density at radius 1 is 0.656 bits per heavy atom. The Labute approximate surface area is 180 Å². The third-order valence-corrected chi connectivity index (χ3v) is 5.93. The number of nitrogens with zero attached hydrogens (tertiary/aromatic N) is 2. The molecule has 7 aromatic rings. The van der Waals surface area contributed by atoms with Gasteiger partial charge in [0.15, 0.2) is 5.52 Å². The molecule has 0 spiro atoms. The van der Waals surface area contributed by atoms with E-state index in [9.17, 15) is 5.21 Å². The maximum atomic E-state index is 10.7. The number of benzene rings is 4. The summed E-state index contributed by atoms with van der Waals surface area (Å²) in [6.07, 6.45) is 0. The summed E-state index contributed by atoms with van der Waals surface area (Å²) in [5.74, 6) is 0.467. The van der Waals surface area contributed by atoms with Gasteiger partial charge in [-0.3, -0.25) is 0 Å². The predicted molar refractivity (Wildman–Crippen MR) is 123 cm³/mol. The lowest BCUT2D eigenvalue weighted by Gasteiger charge is -1.92. The van der Waals surface area contributed by atoms with Crippen molar-refractivity contribution in [3.05, 3.63) is 84.9 Å². The van der Waals surface area contributed by atoms with Gasteiger partial charge in [0.05, 0.1) is 0 Å². The molecule has 4 aromatic carbocycles. The number of fused-ring (bicyclic) bond motifs is 7. The molecule has 2 N–H and O–H groups in total. The number of hydrogen-bond donors (Lipinski definition) is 2. The molecule has 3 heterocycles. The molecule has 0 aliphatic carbocycles. The molecule has 152 valence electrons. The monoisotopic (exact) mass is 418 g/mol. The van der Waals surface area contributed by atoms with Crippen molar-refractivity contribution in [3.8, 4) is 0 Å². The fourth-order valence-corrected chi connectivity index (χ4v) is 4.40. The second kappa shape index (κ2) is 6.21. The van der Waals surface area contributed by atoms with Crippen LogP contribution >= 0.6 is 0 Å². The van der Waals surface area contributed by atoms with Crippen LogP contribution < -0.4 is 5.11 Å². The SMILES string of the molecule is On1c([NH+]=Nc2ccc3oc4ccccc4c3c2)cc2cc3c(cc21)oc1ccccc13. The van der Waals surface area contributed by atoms with Crippen LogP contribution in [-0.4, -0.2) is 9.94 Å². The van der Waals surface area contributed by atoms with Gasteiger partial charge in [0, 0.05) is 39.1 Å². The quantitative estimate of drug-likeness (QED) is 0.260. The summed E-state index contributed by atoms with van der Waals surface area (Å²) in [5.41, 5.74) is 4.60.